The topological polar surface area (TPSA) is 0 Å². The minimum atomic E-state index is 0.766. The Morgan fingerprint density at radius 3 is 2.69 bits per heavy atom. The van der Waals surface area contributed by atoms with Gasteiger partial charge in [-0.05, 0) is 28.5 Å². The van der Waals surface area contributed by atoms with Gasteiger partial charge in [-0.3, -0.25) is 0 Å². The van der Waals surface area contributed by atoms with Gasteiger partial charge < -0.3 is 0 Å². The highest BCUT2D eigenvalue weighted by Gasteiger charge is 1.99. The first kappa shape index (κ1) is 11.8. The molecular weight excluding hydrogens is 236 g/mol. The Hall–Kier alpha value is -0.660. The molecule has 0 radical (unpaired) electrons. The van der Waals surface area contributed by atoms with Gasteiger partial charge in [0.2, 0.25) is 0 Å². The zero-order valence-corrected chi connectivity index (χ0v) is 10.7. The van der Waals surface area contributed by atoms with E-state index in [1.807, 2.05) is 11.8 Å². The number of alkyl halides is 1. The van der Waals surface area contributed by atoms with Crippen molar-refractivity contribution in [2.45, 2.75) is 12.2 Å². The molecule has 2 aromatic rings. The van der Waals surface area contributed by atoms with Crippen molar-refractivity contribution in [1.29, 1.82) is 0 Å². The fraction of sp³-hybridized carbons (Fsp3) is 0.286. The highest BCUT2D eigenvalue weighted by atomic mass is 35.5. The summed E-state index contributed by atoms with van der Waals surface area (Å²) in [7, 11) is 0. The van der Waals surface area contributed by atoms with Crippen LogP contribution in [0.25, 0.3) is 10.8 Å². The van der Waals surface area contributed by atoms with Crippen LogP contribution in [-0.4, -0.2) is 11.6 Å². The van der Waals surface area contributed by atoms with Gasteiger partial charge in [-0.1, -0.05) is 42.5 Å². The average Bonchev–Trinajstić information content (AvgIpc) is 2.35. The van der Waals surface area contributed by atoms with Crippen molar-refractivity contribution in [3.05, 3.63) is 48.0 Å². The van der Waals surface area contributed by atoms with E-state index in [0.717, 1.165) is 23.8 Å². The summed E-state index contributed by atoms with van der Waals surface area (Å²) in [5.41, 5.74) is 1.43. The molecule has 0 fully saturated rings. The number of halogens is 1. The molecule has 0 spiro atoms. The largest absolute Gasteiger partial charge is 0.157 e. The monoisotopic (exact) mass is 250 g/mol. The zero-order valence-electron chi connectivity index (χ0n) is 9.16. The number of hydrogen-bond donors (Lipinski definition) is 0. The van der Waals surface area contributed by atoms with Gasteiger partial charge in [0.1, 0.15) is 0 Å². The zero-order chi connectivity index (χ0) is 11.2. The van der Waals surface area contributed by atoms with Gasteiger partial charge >= 0.3 is 0 Å². The highest BCUT2D eigenvalue weighted by molar-refractivity contribution is 7.98. The van der Waals surface area contributed by atoms with Crippen molar-refractivity contribution >= 4 is 34.1 Å². The Balaban J connectivity index is 2.11. The summed E-state index contributed by atoms with van der Waals surface area (Å²) in [5, 5.41) is 2.71. The Kier molecular flexibility index (Phi) is 4.55. The van der Waals surface area contributed by atoms with Gasteiger partial charge in [-0.15, -0.1) is 11.6 Å². The van der Waals surface area contributed by atoms with Gasteiger partial charge in [-0.2, -0.15) is 11.8 Å². The maximum absolute atomic E-state index is 5.67. The maximum Gasteiger partial charge on any atom is 0.0231 e. The first-order valence-corrected chi connectivity index (χ1v) is 7.21. The minimum Gasteiger partial charge on any atom is -0.157 e. The molecule has 0 unspecified atom stereocenters. The van der Waals surface area contributed by atoms with Gasteiger partial charge in [0.05, 0.1) is 0 Å². The molecule has 84 valence electrons. The molecular formula is C14H15ClS. The number of benzene rings is 2. The predicted molar refractivity (Wildman–Crippen MR) is 75.4 cm³/mol. The summed E-state index contributed by atoms with van der Waals surface area (Å²) in [6.07, 6.45) is 1.09. The summed E-state index contributed by atoms with van der Waals surface area (Å²) < 4.78 is 0. The van der Waals surface area contributed by atoms with Crippen LogP contribution in [0.3, 0.4) is 0 Å². The molecule has 0 N–H and O–H groups in total. The summed E-state index contributed by atoms with van der Waals surface area (Å²) in [6.45, 7) is 0. The van der Waals surface area contributed by atoms with Crippen LogP contribution >= 0.6 is 23.4 Å². The lowest BCUT2D eigenvalue weighted by atomic mass is 10.1. The Morgan fingerprint density at radius 1 is 1.00 bits per heavy atom. The standard InChI is InChI=1S/C14H15ClS/c15-9-4-10-16-11-13-7-3-6-12-5-1-2-8-14(12)13/h1-3,5-8H,4,9-11H2. The molecule has 0 saturated heterocycles. The highest BCUT2D eigenvalue weighted by Crippen LogP contribution is 2.22. The van der Waals surface area contributed by atoms with Crippen LogP contribution in [0.2, 0.25) is 0 Å². The molecule has 0 aliphatic heterocycles. The normalized spacial score (nSPS) is 10.8. The fourth-order valence-corrected chi connectivity index (χ4v) is 3.01. The van der Waals surface area contributed by atoms with Crippen LogP contribution < -0.4 is 0 Å². The summed E-state index contributed by atoms with van der Waals surface area (Å²) in [4.78, 5) is 0. The van der Waals surface area contributed by atoms with E-state index in [4.69, 9.17) is 11.6 Å². The lowest BCUT2D eigenvalue weighted by molar-refractivity contribution is 1.11. The SMILES string of the molecule is ClCCCSCc1cccc2ccccc12. The average molecular weight is 251 g/mol. The number of thioether (sulfide) groups is 1. The molecule has 0 aromatic heterocycles. The van der Waals surface area contributed by atoms with Crippen molar-refractivity contribution in [1.82, 2.24) is 0 Å². The minimum absolute atomic E-state index is 0.766. The van der Waals surface area contributed by atoms with Crippen LogP contribution in [0, 0.1) is 0 Å². The van der Waals surface area contributed by atoms with E-state index in [-0.39, 0.29) is 0 Å². The van der Waals surface area contributed by atoms with Crippen molar-refractivity contribution in [3.63, 3.8) is 0 Å². The second-order valence-electron chi connectivity index (χ2n) is 3.73. The van der Waals surface area contributed by atoms with Crippen molar-refractivity contribution in [3.8, 4) is 0 Å². The molecule has 2 aromatic carbocycles. The van der Waals surface area contributed by atoms with Crippen LogP contribution in [0.5, 0.6) is 0 Å². The molecule has 2 heteroatoms. The van der Waals surface area contributed by atoms with E-state index in [1.165, 1.54) is 16.3 Å². The molecule has 0 heterocycles. The van der Waals surface area contributed by atoms with E-state index in [9.17, 15) is 0 Å². The van der Waals surface area contributed by atoms with E-state index in [2.05, 4.69) is 42.5 Å². The van der Waals surface area contributed by atoms with Crippen LogP contribution in [0.15, 0.2) is 42.5 Å². The molecule has 0 atom stereocenters. The molecule has 0 saturated carbocycles. The first-order valence-electron chi connectivity index (χ1n) is 5.52. The van der Waals surface area contributed by atoms with Gasteiger partial charge in [0, 0.05) is 11.6 Å². The Morgan fingerprint density at radius 2 is 1.81 bits per heavy atom. The van der Waals surface area contributed by atoms with Crippen molar-refractivity contribution in [2.75, 3.05) is 11.6 Å². The molecule has 0 bridgehead atoms. The molecule has 16 heavy (non-hydrogen) atoms. The first-order chi connectivity index (χ1) is 7.92. The third kappa shape index (κ3) is 2.93. The second-order valence-corrected chi connectivity index (χ2v) is 5.22. The second kappa shape index (κ2) is 6.17. The molecule has 0 aliphatic rings. The van der Waals surface area contributed by atoms with Gasteiger partial charge in [-0.25, -0.2) is 0 Å². The van der Waals surface area contributed by atoms with Crippen LogP contribution in [-0.2, 0) is 5.75 Å². The van der Waals surface area contributed by atoms with E-state index in [1.54, 1.807) is 0 Å². The lowest BCUT2D eigenvalue weighted by Crippen LogP contribution is -1.86. The van der Waals surface area contributed by atoms with Gasteiger partial charge in [0.25, 0.3) is 0 Å². The number of rotatable bonds is 5. The number of fused-ring (bicyclic) bond motifs is 1. The van der Waals surface area contributed by atoms with Crippen molar-refractivity contribution in [2.24, 2.45) is 0 Å². The molecule has 2 rings (SSSR count). The van der Waals surface area contributed by atoms with Crippen LogP contribution in [0.4, 0.5) is 0 Å². The van der Waals surface area contributed by atoms with Gasteiger partial charge in [0.15, 0.2) is 0 Å². The van der Waals surface area contributed by atoms with E-state index in [0.29, 0.717) is 0 Å². The Bertz CT molecular complexity index is 448. The number of hydrogen-bond acceptors (Lipinski definition) is 1. The third-order valence-corrected chi connectivity index (χ3v) is 3.92. The summed E-state index contributed by atoms with van der Waals surface area (Å²) in [6, 6.07) is 15.1. The van der Waals surface area contributed by atoms with E-state index < -0.39 is 0 Å². The lowest BCUT2D eigenvalue weighted by Gasteiger charge is -2.05. The fourth-order valence-electron chi connectivity index (χ4n) is 1.76. The summed E-state index contributed by atoms with van der Waals surface area (Å²) >= 11 is 7.63. The third-order valence-electron chi connectivity index (χ3n) is 2.56. The summed E-state index contributed by atoms with van der Waals surface area (Å²) in [5.74, 6) is 2.99. The quantitative estimate of drug-likeness (QED) is 0.547. The molecule has 0 aliphatic carbocycles. The van der Waals surface area contributed by atoms with Crippen LogP contribution in [0.1, 0.15) is 12.0 Å². The van der Waals surface area contributed by atoms with E-state index >= 15 is 0 Å². The smallest absolute Gasteiger partial charge is 0.0231 e. The molecule has 0 nitrogen and oxygen atoms in total. The Labute approximate surface area is 106 Å². The van der Waals surface area contributed by atoms with Crippen molar-refractivity contribution < 1.29 is 0 Å². The molecule has 0 amide bonds. The predicted octanol–water partition coefficient (Wildman–Crippen LogP) is 4.70. The maximum atomic E-state index is 5.67.